The Morgan fingerprint density at radius 3 is 2.24 bits per heavy atom. The topological polar surface area (TPSA) is 50.2 Å². The number of aliphatic hydroxyl groups is 1. The predicted molar refractivity (Wildman–Crippen MR) is 213 cm³/mol. The third-order valence-electron chi connectivity index (χ3n) is 9.39. The van der Waals surface area contributed by atoms with Crippen LogP contribution in [0, 0.1) is 30.2 Å². The molecular formula is C45H56IrNO2S-. The Kier molecular flexibility index (Phi) is 14.6. The maximum Gasteiger partial charge on any atom is 0.162 e. The van der Waals surface area contributed by atoms with Crippen LogP contribution >= 0.6 is 11.3 Å². The Labute approximate surface area is 320 Å². The molecule has 0 unspecified atom stereocenters. The molecule has 2 heterocycles. The van der Waals surface area contributed by atoms with Gasteiger partial charge in [-0.05, 0) is 84.5 Å². The van der Waals surface area contributed by atoms with Gasteiger partial charge in [-0.2, -0.15) is 0 Å². The third kappa shape index (κ3) is 10.2. The van der Waals surface area contributed by atoms with Crippen molar-refractivity contribution in [2.45, 2.75) is 107 Å². The van der Waals surface area contributed by atoms with Gasteiger partial charge in [-0.3, -0.25) is 9.78 Å². The molecule has 0 atom stereocenters. The SMILES string of the molecule is CCC(CC)C(=O)/C=C(\O)C(CC)CC.[2H]c1c(-c2ccc(CC(C)(C)C)cc2C)sc2c(-c3[c-]c4ccccc4c(C(C)C)c3)nccc12.[Ir]. The van der Waals surface area contributed by atoms with Crippen LogP contribution in [0.25, 0.3) is 42.6 Å². The number of aryl methyl sites for hydroxylation is 1. The van der Waals surface area contributed by atoms with Gasteiger partial charge in [0.15, 0.2) is 5.78 Å². The number of aliphatic hydroxyl groups excluding tert-OH is 1. The molecule has 0 amide bonds. The van der Waals surface area contributed by atoms with E-state index in [0.29, 0.717) is 12.0 Å². The van der Waals surface area contributed by atoms with Gasteiger partial charge in [0.1, 0.15) is 0 Å². The molecule has 5 aromatic rings. The number of allylic oxidation sites excluding steroid dienone is 2. The molecule has 50 heavy (non-hydrogen) atoms. The molecule has 0 fully saturated rings. The first-order chi connectivity index (χ1) is 23.7. The number of hydrogen-bond donors (Lipinski definition) is 1. The summed E-state index contributed by atoms with van der Waals surface area (Å²) < 4.78 is 10.1. The smallest absolute Gasteiger partial charge is 0.162 e. The quantitative estimate of drug-likeness (QED) is 0.0817. The van der Waals surface area contributed by atoms with E-state index in [9.17, 15) is 9.90 Å². The zero-order chi connectivity index (χ0) is 36.7. The molecule has 0 aliphatic rings. The normalized spacial score (nSPS) is 12.3. The van der Waals surface area contributed by atoms with E-state index in [0.717, 1.165) is 69.3 Å². The van der Waals surface area contributed by atoms with Crippen molar-refractivity contribution in [3.63, 3.8) is 0 Å². The first-order valence-corrected chi connectivity index (χ1v) is 18.9. The molecule has 3 aromatic carbocycles. The average Bonchev–Trinajstić information content (AvgIpc) is 3.40. The number of thiophene rings is 1. The summed E-state index contributed by atoms with van der Waals surface area (Å²) in [4.78, 5) is 17.5. The fourth-order valence-corrected chi connectivity index (χ4v) is 7.75. The maximum absolute atomic E-state index is 11.7. The van der Waals surface area contributed by atoms with E-state index >= 15 is 0 Å². The maximum atomic E-state index is 11.7. The molecule has 269 valence electrons. The molecule has 0 spiro atoms. The van der Waals surface area contributed by atoms with Crippen molar-refractivity contribution in [2.24, 2.45) is 17.3 Å². The van der Waals surface area contributed by atoms with Gasteiger partial charge in [-0.15, -0.1) is 40.5 Å². The van der Waals surface area contributed by atoms with Gasteiger partial charge < -0.3 is 5.11 Å². The van der Waals surface area contributed by atoms with E-state index < -0.39 is 0 Å². The Balaban J connectivity index is 0.000000374. The van der Waals surface area contributed by atoms with Gasteiger partial charge >= 0.3 is 0 Å². The van der Waals surface area contributed by atoms with E-state index in [-0.39, 0.29) is 48.9 Å². The molecule has 1 N–H and O–H groups in total. The number of benzene rings is 3. The standard InChI is InChI=1S/C32H32NS.C13H24O2.Ir/c1-20(2)28-17-25(16-23-9-7-8-10-27(23)28)30-31-24(13-14-33-30)18-29(34-31)26-12-11-22(15-21(26)3)19-32(4,5)6;1-5-10(6-2)12(14)9-13(15)11(7-3)8-4;/h7-15,17-18,20H,19H2,1-6H3;9-11,14H,5-8H2,1-4H3;/q-1;;/b;12-9-;/i18D;;. The fourth-order valence-electron chi connectivity index (χ4n) is 6.56. The van der Waals surface area contributed by atoms with Crippen LogP contribution in [-0.4, -0.2) is 15.9 Å². The number of carbonyl (C=O) groups excluding carboxylic acids is 1. The van der Waals surface area contributed by atoms with E-state index in [1.165, 1.54) is 28.2 Å². The van der Waals surface area contributed by atoms with Crippen molar-refractivity contribution in [1.29, 1.82) is 0 Å². The molecule has 0 saturated carbocycles. The number of fused-ring (bicyclic) bond motifs is 2. The summed E-state index contributed by atoms with van der Waals surface area (Å²) in [7, 11) is 0. The molecule has 0 aliphatic carbocycles. The van der Waals surface area contributed by atoms with E-state index in [4.69, 9.17) is 6.35 Å². The molecular weight excluding hydrogens is 811 g/mol. The van der Waals surface area contributed by atoms with Crippen LogP contribution in [0.2, 0.25) is 0 Å². The minimum Gasteiger partial charge on any atom is -0.512 e. The van der Waals surface area contributed by atoms with Crippen LogP contribution in [0.1, 0.15) is 112 Å². The van der Waals surface area contributed by atoms with Crippen LogP contribution in [0.15, 0.2) is 78.7 Å². The molecule has 0 saturated heterocycles. The monoisotopic (exact) mass is 868 g/mol. The largest absolute Gasteiger partial charge is 0.512 e. The summed E-state index contributed by atoms with van der Waals surface area (Å²) in [6, 6.07) is 23.6. The fraction of sp³-hybridized carbons (Fsp3) is 0.422. The van der Waals surface area contributed by atoms with Crippen LogP contribution in [0.3, 0.4) is 0 Å². The number of nitrogens with zero attached hydrogens (tertiary/aromatic N) is 1. The minimum atomic E-state index is 0. The summed E-state index contributed by atoms with van der Waals surface area (Å²) >= 11 is 1.68. The molecule has 3 nitrogen and oxygen atoms in total. The van der Waals surface area contributed by atoms with Gasteiger partial charge in [-0.1, -0.05) is 110 Å². The molecule has 5 rings (SSSR count). The third-order valence-corrected chi connectivity index (χ3v) is 10.5. The second-order valence-electron chi connectivity index (χ2n) is 14.8. The van der Waals surface area contributed by atoms with Crippen molar-refractivity contribution in [3.05, 3.63) is 101 Å². The Morgan fingerprint density at radius 2 is 1.64 bits per heavy atom. The second kappa shape index (κ2) is 18.4. The van der Waals surface area contributed by atoms with Crippen LogP contribution in [-0.2, 0) is 31.3 Å². The first kappa shape index (κ1) is 39.7. The van der Waals surface area contributed by atoms with E-state index in [1.807, 2.05) is 40.0 Å². The van der Waals surface area contributed by atoms with E-state index in [1.54, 1.807) is 11.3 Å². The summed E-state index contributed by atoms with van der Waals surface area (Å²) in [5.74, 6) is 0.943. The number of aromatic nitrogens is 1. The van der Waals surface area contributed by atoms with Gasteiger partial charge in [-0.25, -0.2) is 0 Å². The summed E-state index contributed by atoms with van der Waals surface area (Å²) in [6.07, 6.45) is 7.78. The van der Waals surface area contributed by atoms with Crippen LogP contribution in [0.5, 0.6) is 0 Å². The van der Waals surface area contributed by atoms with Crippen molar-refractivity contribution >= 4 is 38.0 Å². The molecule has 0 bridgehead atoms. The Morgan fingerprint density at radius 1 is 0.980 bits per heavy atom. The Bertz CT molecular complexity index is 1960. The number of carbonyl (C=O) groups is 1. The molecule has 5 heteroatoms. The van der Waals surface area contributed by atoms with Gasteiger partial charge in [0, 0.05) is 59.5 Å². The number of ketones is 1. The minimum absolute atomic E-state index is 0. The summed E-state index contributed by atoms with van der Waals surface area (Å²) in [5.41, 5.74) is 7.19. The molecule has 0 aliphatic heterocycles. The second-order valence-corrected chi connectivity index (χ2v) is 15.8. The zero-order valence-electron chi connectivity index (χ0n) is 32.7. The number of hydrogen-bond acceptors (Lipinski definition) is 4. The number of rotatable bonds is 11. The average molecular weight is 868 g/mol. The first-order valence-electron chi connectivity index (χ1n) is 18.6. The summed E-state index contributed by atoms with van der Waals surface area (Å²) in [6.45, 7) is 21.5. The molecule has 2 aromatic heterocycles. The van der Waals surface area contributed by atoms with Gasteiger partial charge in [0.25, 0.3) is 0 Å². The van der Waals surface area contributed by atoms with Crippen LogP contribution in [0.4, 0.5) is 0 Å². The Hall–Kier alpha value is -3.11. The van der Waals surface area contributed by atoms with E-state index in [2.05, 4.69) is 96.1 Å². The predicted octanol–water partition coefficient (Wildman–Crippen LogP) is 13.5. The van der Waals surface area contributed by atoms with Crippen molar-refractivity contribution in [2.75, 3.05) is 0 Å². The molecule has 1 radical (unpaired) electrons. The van der Waals surface area contributed by atoms with Crippen molar-refractivity contribution in [3.8, 4) is 21.7 Å². The van der Waals surface area contributed by atoms with Crippen molar-refractivity contribution < 1.29 is 31.4 Å². The van der Waals surface area contributed by atoms with Gasteiger partial charge in [0.05, 0.1) is 7.13 Å². The summed E-state index contributed by atoms with van der Waals surface area (Å²) in [5, 5.41) is 13.1. The van der Waals surface area contributed by atoms with Gasteiger partial charge in [0.2, 0.25) is 0 Å². The zero-order valence-corrected chi connectivity index (χ0v) is 34.9. The van der Waals surface area contributed by atoms with Crippen LogP contribution < -0.4 is 0 Å². The van der Waals surface area contributed by atoms with Crippen molar-refractivity contribution in [1.82, 2.24) is 4.98 Å². The number of pyridine rings is 1.